The van der Waals surface area contributed by atoms with Crippen LogP contribution in [0.4, 0.5) is 5.69 Å². The summed E-state index contributed by atoms with van der Waals surface area (Å²) in [7, 11) is 0. The summed E-state index contributed by atoms with van der Waals surface area (Å²) in [5.41, 5.74) is 1.21. The molecule has 1 atom stereocenters. The second kappa shape index (κ2) is 4.56. The molecule has 82 valence electrons. The standard InChI is InChI=1S/C11H8Br2N2O/c12-8-2-1-7(6-14)10(5-8)15-4-3-9(13)11(15)16/h1-2,5,9H,3-4H2. The molecule has 16 heavy (non-hydrogen) atoms. The van der Waals surface area contributed by atoms with E-state index < -0.39 is 0 Å². The SMILES string of the molecule is N#Cc1ccc(Br)cc1N1CCC(Br)C1=O. The summed E-state index contributed by atoms with van der Waals surface area (Å²) in [4.78, 5) is 13.4. The smallest absolute Gasteiger partial charge is 0.240 e. The Bertz CT molecular complexity index is 481. The summed E-state index contributed by atoms with van der Waals surface area (Å²) < 4.78 is 0.868. The summed E-state index contributed by atoms with van der Waals surface area (Å²) in [6, 6.07) is 7.43. The van der Waals surface area contributed by atoms with Crippen LogP contribution in [0.25, 0.3) is 0 Å². The molecule has 0 N–H and O–H groups in total. The maximum atomic E-state index is 11.8. The van der Waals surface area contributed by atoms with Crippen molar-refractivity contribution in [1.29, 1.82) is 5.26 Å². The van der Waals surface area contributed by atoms with E-state index in [4.69, 9.17) is 5.26 Å². The number of nitrogens with zero attached hydrogens (tertiary/aromatic N) is 2. The first-order valence-corrected chi connectivity index (χ1v) is 6.49. The predicted octanol–water partition coefficient (Wildman–Crippen LogP) is 2.82. The van der Waals surface area contributed by atoms with E-state index in [1.807, 2.05) is 6.07 Å². The van der Waals surface area contributed by atoms with Gasteiger partial charge in [-0.25, -0.2) is 0 Å². The van der Waals surface area contributed by atoms with E-state index in [2.05, 4.69) is 37.9 Å². The molecule has 1 aliphatic rings. The largest absolute Gasteiger partial charge is 0.310 e. The van der Waals surface area contributed by atoms with E-state index in [0.717, 1.165) is 10.9 Å². The molecule has 1 heterocycles. The first-order chi connectivity index (χ1) is 7.63. The zero-order valence-electron chi connectivity index (χ0n) is 8.28. The molecule has 2 rings (SSSR count). The quantitative estimate of drug-likeness (QED) is 0.736. The average Bonchev–Trinajstić information content (AvgIpc) is 2.60. The third-order valence-electron chi connectivity index (χ3n) is 2.51. The molecule has 0 spiro atoms. The van der Waals surface area contributed by atoms with Gasteiger partial charge in [0.2, 0.25) is 5.91 Å². The second-order valence-electron chi connectivity index (χ2n) is 3.52. The van der Waals surface area contributed by atoms with Gasteiger partial charge in [0, 0.05) is 11.0 Å². The molecular formula is C11H8Br2N2O. The summed E-state index contributed by atoms with van der Waals surface area (Å²) in [5, 5.41) is 9.01. The van der Waals surface area contributed by atoms with Crippen molar-refractivity contribution in [1.82, 2.24) is 0 Å². The fourth-order valence-corrected chi connectivity index (χ4v) is 2.51. The first-order valence-electron chi connectivity index (χ1n) is 4.78. The number of carbonyl (C=O) groups is 1. The molecule has 0 bridgehead atoms. The lowest BCUT2D eigenvalue weighted by Crippen LogP contribution is -2.27. The van der Waals surface area contributed by atoms with Crippen LogP contribution in [0.1, 0.15) is 12.0 Å². The molecule has 0 saturated carbocycles. The van der Waals surface area contributed by atoms with Crippen LogP contribution in [-0.4, -0.2) is 17.3 Å². The number of hydrogen-bond donors (Lipinski definition) is 0. The van der Waals surface area contributed by atoms with Crippen molar-refractivity contribution < 1.29 is 4.79 Å². The fourth-order valence-electron chi connectivity index (χ4n) is 1.71. The van der Waals surface area contributed by atoms with Crippen LogP contribution in [-0.2, 0) is 4.79 Å². The van der Waals surface area contributed by atoms with Gasteiger partial charge in [-0.1, -0.05) is 31.9 Å². The van der Waals surface area contributed by atoms with Crippen molar-refractivity contribution in [2.24, 2.45) is 0 Å². The summed E-state index contributed by atoms with van der Waals surface area (Å²) in [6.45, 7) is 0.653. The lowest BCUT2D eigenvalue weighted by Gasteiger charge is -2.17. The molecular weight excluding hydrogens is 336 g/mol. The molecule has 1 unspecified atom stereocenters. The number of rotatable bonds is 1. The number of anilines is 1. The van der Waals surface area contributed by atoms with Crippen molar-refractivity contribution in [2.45, 2.75) is 11.2 Å². The lowest BCUT2D eigenvalue weighted by molar-refractivity contribution is -0.116. The van der Waals surface area contributed by atoms with Gasteiger partial charge >= 0.3 is 0 Å². The average molecular weight is 344 g/mol. The zero-order chi connectivity index (χ0) is 11.7. The van der Waals surface area contributed by atoms with Crippen LogP contribution >= 0.6 is 31.9 Å². The molecule has 3 nitrogen and oxygen atoms in total. The Kier molecular flexibility index (Phi) is 3.31. The number of amides is 1. The Morgan fingerprint density at radius 1 is 1.50 bits per heavy atom. The molecule has 0 aromatic heterocycles. The monoisotopic (exact) mass is 342 g/mol. The van der Waals surface area contributed by atoms with E-state index >= 15 is 0 Å². The van der Waals surface area contributed by atoms with E-state index in [0.29, 0.717) is 17.8 Å². The number of benzene rings is 1. The molecule has 1 aliphatic heterocycles. The van der Waals surface area contributed by atoms with Gasteiger partial charge in [-0.05, 0) is 24.6 Å². The van der Waals surface area contributed by atoms with Gasteiger partial charge in [0.05, 0.1) is 16.1 Å². The van der Waals surface area contributed by atoms with Crippen LogP contribution in [0.5, 0.6) is 0 Å². The summed E-state index contributed by atoms with van der Waals surface area (Å²) >= 11 is 6.67. The first kappa shape index (κ1) is 11.6. The summed E-state index contributed by atoms with van der Waals surface area (Å²) in [5.74, 6) is 0.0228. The normalized spacial score (nSPS) is 19.9. The molecule has 0 aliphatic carbocycles. The maximum Gasteiger partial charge on any atom is 0.240 e. The molecule has 0 radical (unpaired) electrons. The predicted molar refractivity (Wildman–Crippen MR) is 68.5 cm³/mol. The Balaban J connectivity index is 2.44. The number of carbonyl (C=O) groups excluding carboxylic acids is 1. The van der Waals surface area contributed by atoms with Gasteiger partial charge in [-0.15, -0.1) is 0 Å². The van der Waals surface area contributed by atoms with Crippen LogP contribution < -0.4 is 4.90 Å². The van der Waals surface area contributed by atoms with Crippen molar-refractivity contribution in [3.8, 4) is 6.07 Å². The third kappa shape index (κ3) is 2.00. The molecule has 1 amide bonds. The van der Waals surface area contributed by atoms with Crippen LogP contribution in [0.3, 0.4) is 0 Å². The number of hydrogen-bond acceptors (Lipinski definition) is 2. The molecule has 1 fully saturated rings. The molecule has 1 aromatic rings. The highest BCUT2D eigenvalue weighted by molar-refractivity contribution is 9.10. The minimum Gasteiger partial charge on any atom is -0.310 e. The number of alkyl halides is 1. The van der Waals surface area contributed by atoms with Gasteiger partial charge in [0.15, 0.2) is 0 Å². The van der Waals surface area contributed by atoms with Crippen molar-refractivity contribution in [2.75, 3.05) is 11.4 Å². The lowest BCUT2D eigenvalue weighted by atomic mass is 10.2. The van der Waals surface area contributed by atoms with Gasteiger partial charge in [-0.2, -0.15) is 5.26 Å². The van der Waals surface area contributed by atoms with Crippen LogP contribution in [0.2, 0.25) is 0 Å². The second-order valence-corrected chi connectivity index (χ2v) is 5.54. The Morgan fingerprint density at radius 3 is 2.81 bits per heavy atom. The van der Waals surface area contributed by atoms with E-state index in [9.17, 15) is 4.79 Å². The Morgan fingerprint density at radius 2 is 2.25 bits per heavy atom. The number of halogens is 2. The van der Waals surface area contributed by atoms with Gasteiger partial charge in [0.25, 0.3) is 0 Å². The molecule has 1 saturated heterocycles. The van der Waals surface area contributed by atoms with Crippen molar-refractivity contribution in [3.63, 3.8) is 0 Å². The molecule has 5 heteroatoms. The Hall–Kier alpha value is -0.860. The summed E-state index contributed by atoms with van der Waals surface area (Å²) in [6.07, 6.45) is 0.774. The topological polar surface area (TPSA) is 44.1 Å². The van der Waals surface area contributed by atoms with E-state index in [1.165, 1.54) is 0 Å². The minimum atomic E-state index is -0.127. The number of nitriles is 1. The van der Waals surface area contributed by atoms with E-state index in [-0.39, 0.29) is 10.7 Å². The van der Waals surface area contributed by atoms with Gasteiger partial charge in [-0.3, -0.25) is 4.79 Å². The molecule has 1 aromatic carbocycles. The minimum absolute atomic E-state index is 0.0228. The highest BCUT2D eigenvalue weighted by atomic mass is 79.9. The fraction of sp³-hybridized carbons (Fsp3) is 0.273. The maximum absolute atomic E-state index is 11.8. The van der Waals surface area contributed by atoms with Gasteiger partial charge in [0.1, 0.15) is 6.07 Å². The van der Waals surface area contributed by atoms with Crippen LogP contribution in [0.15, 0.2) is 22.7 Å². The van der Waals surface area contributed by atoms with Crippen LogP contribution in [0, 0.1) is 11.3 Å². The van der Waals surface area contributed by atoms with Crippen molar-refractivity contribution >= 4 is 43.5 Å². The highest BCUT2D eigenvalue weighted by Gasteiger charge is 2.31. The van der Waals surface area contributed by atoms with Gasteiger partial charge < -0.3 is 4.90 Å². The third-order valence-corrected chi connectivity index (χ3v) is 3.85. The Labute approximate surface area is 110 Å². The zero-order valence-corrected chi connectivity index (χ0v) is 11.5. The van der Waals surface area contributed by atoms with Crippen molar-refractivity contribution in [3.05, 3.63) is 28.2 Å². The highest BCUT2D eigenvalue weighted by Crippen LogP contribution is 2.30. The van der Waals surface area contributed by atoms with E-state index in [1.54, 1.807) is 17.0 Å².